The van der Waals surface area contributed by atoms with Gasteiger partial charge in [-0.1, -0.05) is 30.3 Å². The zero-order chi connectivity index (χ0) is 17.3. The lowest BCUT2D eigenvalue weighted by molar-refractivity contribution is -0.116. The van der Waals surface area contributed by atoms with E-state index in [1.54, 1.807) is 18.9 Å². The first-order valence-corrected chi connectivity index (χ1v) is 8.06. The van der Waals surface area contributed by atoms with Crippen molar-refractivity contribution in [2.75, 3.05) is 29.2 Å². The first-order valence-electron chi connectivity index (χ1n) is 8.06. The molecule has 0 aliphatic carbocycles. The van der Waals surface area contributed by atoms with Crippen LogP contribution in [0.4, 0.5) is 17.1 Å². The lowest BCUT2D eigenvalue weighted by Crippen LogP contribution is -2.28. The molecule has 5 nitrogen and oxygen atoms in total. The fourth-order valence-corrected chi connectivity index (χ4v) is 2.80. The van der Waals surface area contributed by atoms with Gasteiger partial charge in [-0.3, -0.25) is 4.79 Å². The molecule has 1 atom stereocenters. The zero-order valence-corrected chi connectivity index (χ0v) is 14.5. The van der Waals surface area contributed by atoms with Crippen LogP contribution < -0.4 is 19.9 Å². The van der Waals surface area contributed by atoms with Crippen molar-refractivity contribution in [1.82, 2.24) is 0 Å². The molecule has 0 aromatic heterocycles. The van der Waals surface area contributed by atoms with Crippen LogP contribution in [0.15, 0.2) is 42.5 Å². The van der Waals surface area contributed by atoms with Gasteiger partial charge in [0.2, 0.25) is 5.91 Å². The van der Waals surface area contributed by atoms with Crippen LogP contribution in [0.25, 0.3) is 0 Å². The summed E-state index contributed by atoms with van der Waals surface area (Å²) in [7, 11) is 3.81. The van der Waals surface area contributed by atoms with Crippen LogP contribution >= 0.6 is 0 Å². The fraction of sp³-hybridized carbons (Fsp3) is 0.316. The van der Waals surface area contributed by atoms with Gasteiger partial charge < -0.3 is 19.9 Å². The maximum Gasteiger partial charge on any atom is 0.223 e. The van der Waals surface area contributed by atoms with Gasteiger partial charge in [0, 0.05) is 32.8 Å². The molecule has 1 heterocycles. The Hall–Kier alpha value is -2.69. The number of ether oxygens (including phenoxy) is 1. The first kappa shape index (κ1) is 16.2. The number of nitrogens with zero attached hydrogens (tertiary/aromatic N) is 2. The molecule has 1 aliphatic rings. The maximum atomic E-state index is 11.7. The molecule has 0 spiro atoms. The molecule has 2 aromatic carbocycles. The van der Waals surface area contributed by atoms with Crippen LogP contribution in [0.3, 0.4) is 0 Å². The van der Waals surface area contributed by atoms with Crippen LogP contribution in [0, 0.1) is 0 Å². The third-order valence-corrected chi connectivity index (χ3v) is 4.45. The normalized spacial score (nSPS) is 15.7. The van der Waals surface area contributed by atoms with Crippen LogP contribution in [-0.2, 0) is 11.4 Å². The van der Waals surface area contributed by atoms with E-state index >= 15 is 0 Å². The average molecular weight is 325 g/mol. The van der Waals surface area contributed by atoms with Crippen molar-refractivity contribution in [2.24, 2.45) is 0 Å². The lowest BCUT2D eigenvalue weighted by Gasteiger charge is -2.22. The Kier molecular flexibility index (Phi) is 4.34. The standard InChI is InChI=1S/C19H23N3O2/c1-13-20-17-10-16(22(4)14(2)23)11-18(19(17)21(13)3)24-12-15-8-6-5-7-9-15/h5-11,13,20H,12H2,1-4H3. The quantitative estimate of drug-likeness (QED) is 0.935. The Balaban J connectivity index is 1.95. The van der Waals surface area contributed by atoms with E-state index in [-0.39, 0.29) is 12.1 Å². The third kappa shape index (κ3) is 3.02. The van der Waals surface area contributed by atoms with Gasteiger partial charge in [-0.2, -0.15) is 0 Å². The van der Waals surface area contributed by atoms with Gasteiger partial charge in [-0.05, 0) is 18.6 Å². The van der Waals surface area contributed by atoms with E-state index in [2.05, 4.69) is 17.1 Å². The Labute approximate surface area is 142 Å². The summed E-state index contributed by atoms with van der Waals surface area (Å²) in [6.45, 7) is 4.14. The van der Waals surface area contributed by atoms with Crippen molar-refractivity contribution in [3.05, 3.63) is 48.0 Å². The molecule has 1 amide bonds. The zero-order valence-electron chi connectivity index (χ0n) is 14.5. The number of nitrogens with one attached hydrogen (secondary N) is 1. The predicted molar refractivity (Wildman–Crippen MR) is 97.8 cm³/mol. The smallest absolute Gasteiger partial charge is 0.223 e. The summed E-state index contributed by atoms with van der Waals surface area (Å²) < 4.78 is 6.10. The number of fused-ring (bicyclic) bond motifs is 1. The summed E-state index contributed by atoms with van der Waals surface area (Å²) >= 11 is 0. The third-order valence-electron chi connectivity index (χ3n) is 4.45. The van der Waals surface area contributed by atoms with E-state index in [4.69, 9.17) is 4.74 Å². The highest BCUT2D eigenvalue weighted by atomic mass is 16.5. The predicted octanol–water partition coefficient (Wildman–Crippen LogP) is 3.46. The second kappa shape index (κ2) is 6.43. The molecule has 3 rings (SSSR count). The van der Waals surface area contributed by atoms with E-state index in [0.29, 0.717) is 6.61 Å². The number of amides is 1. The number of rotatable bonds is 4. The van der Waals surface area contributed by atoms with Crippen LogP contribution in [0.2, 0.25) is 0 Å². The Bertz CT molecular complexity index is 746. The van der Waals surface area contributed by atoms with Crippen molar-refractivity contribution >= 4 is 23.0 Å². The molecule has 1 N–H and O–H groups in total. The number of carbonyl (C=O) groups is 1. The van der Waals surface area contributed by atoms with Crippen molar-refractivity contribution < 1.29 is 9.53 Å². The molecule has 0 bridgehead atoms. The molecule has 0 fully saturated rings. The largest absolute Gasteiger partial charge is 0.487 e. The topological polar surface area (TPSA) is 44.8 Å². The van der Waals surface area contributed by atoms with Crippen molar-refractivity contribution in [2.45, 2.75) is 26.6 Å². The molecule has 24 heavy (non-hydrogen) atoms. The molecule has 0 saturated carbocycles. The van der Waals surface area contributed by atoms with E-state index < -0.39 is 0 Å². The Morgan fingerprint density at radius 3 is 2.67 bits per heavy atom. The molecule has 2 aromatic rings. The van der Waals surface area contributed by atoms with Gasteiger partial charge in [-0.15, -0.1) is 0 Å². The van der Waals surface area contributed by atoms with Gasteiger partial charge >= 0.3 is 0 Å². The van der Waals surface area contributed by atoms with Gasteiger partial charge in [-0.25, -0.2) is 0 Å². The maximum absolute atomic E-state index is 11.7. The summed E-state index contributed by atoms with van der Waals surface area (Å²) in [5.41, 5.74) is 3.94. The lowest BCUT2D eigenvalue weighted by atomic mass is 10.2. The van der Waals surface area contributed by atoms with Gasteiger partial charge in [0.05, 0.1) is 11.9 Å². The summed E-state index contributed by atoms with van der Waals surface area (Å²) in [6.07, 6.45) is 0.178. The number of benzene rings is 2. The summed E-state index contributed by atoms with van der Waals surface area (Å²) in [4.78, 5) is 15.5. The average Bonchev–Trinajstić information content (AvgIpc) is 2.87. The van der Waals surface area contributed by atoms with E-state index in [9.17, 15) is 4.79 Å². The second-order valence-electron chi connectivity index (χ2n) is 6.12. The van der Waals surface area contributed by atoms with Gasteiger partial charge in [0.1, 0.15) is 18.0 Å². The van der Waals surface area contributed by atoms with Crippen LogP contribution in [-0.4, -0.2) is 26.2 Å². The van der Waals surface area contributed by atoms with Crippen molar-refractivity contribution in [3.8, 4) is 5.75 Å². The van der Waals surface area contributed by atoms with Crippen LogP contribution in [0.1, 0.15) is 19.4 Å². The number of carbonyl (C=O) groups excluding carboxylic acids is 1. The molecule has 1 aliphatic heterocycles. The molecule has 0 saturated heterocycles. The van der Waals surface area contributed by atoms with Crippen molar-refractivity contribution in [1.29, 1.82) is 0 Å². The highest BCUT2D eigenvalue weighted by molar-refractivity contribution is 5.94. The summed E-state index contributed by atoms with van der Waals surface area (Å²) in [6, 6.07) is 14.0. The SMILES string of the molecule is CC(=O)N(C)c1cc2c(c(OCc3ccccc3)c1)N(C)C(C)N2. The minimum Gasteiger partial charge on any atom is -0.487 e. The minimum absolute atomic E-state index is 0.0108. The highest BCUT2D eigenvalue weighted by Gasteiger charge is 2.27. The summed E-state index contributed by atoms with van der Waals surface area (Å²) in [5, 5.41) is 3.43. The number of hydrogen-bond donors (Lipinski definition) is 1. The fourth-order valence-electron chi connectivity index (χ4n) is 2.80. The molecular formula is C19H23N3O2. The monoisotopic (exact) mass is 325 g/mol. The molecule has 126 valence electrons. The Morgan fingerprint density at radius 2 is 2.00 bits per heavy atom. The van der Waals surface area contributed by atoms with Crippen molar-refractivity contribution in [3.63, 3.8) is 0 Å². The van der Waals surface area contributed by atoms with E-state index in [0.717, 1.165) is 28.4 Å². The highest BCUT2D eigenvalue weighted by Crippen LogP contribution is 2.44. The van der Waals surface area contributed by atoms with Crippen LogP contribution in [0.5, 0.6) is 5.75 Å². The second-order valence-corrected chi connectivity index (χ2v) is 6.12. The molecule has 5 heteroatoms. The number of anilines is 3. The van der Waals surface area contributed by atoms with Gasteiger partial charge in [0.15, 0.2) is 0 Å². The Morgan fingerprint density at radius 1 is 1.29 bits per heavy atom. The van der Waals surface area contributed by atoms with E-state index in [1.165, 1.54) is 0 Å². The first-order chi connectivity index (χ1) is 11.5. The molecule has 1 unspecified atom stereocenters. The molecular weight excluding hydrogens is 302 g/mol. The molecule has 0 radical (unpaired) electrons. The minimum atomic E-state index is -0.0108. The van der Waals surface area contributed by atoms with Gasteiger partial charge in [0.25, 0.3) is 0 Å². The number of hydrogen-bond acceptors (Lipinski definition) is 4. The van der Waals surface area contributed by atoms with E-state index in [1.807, 2.05) is 49.5 Å². The summed E-state index contributed by atoms with van der Waals surface area (Å²) in [5.74, 6) is 0.766.